The molecule has 0 fully saturated rings. The normalized spacial score (nSPS) is 13.0. The minimum absolute atomic E-state index is 0.380. The molecule has 16 heavy (non-hydrogen) atoms. The molecule has 1 atom stereocenters. The zero-order chi connectivity index (χ0) is 12.8. The van der Waals surface area contributed by atoms with Crippen LogP contribution in [0.1, 0.15) is 40.5 Å². The highest BCUT2D eigenvalue weighted by atomic mass is 32.1. The zero-order valence-corrected chi connectivity index (χ0v) is 11.3. The van der Waals surface area contributed by atoms with Crippen molar-refractivity contribution in [3.63, 3.8) is 0 Å². The van der Waals surface area contributed by atoms with E-state index in [4.69, 9.17) is 22.7 Å². The van der Waals surface area contributed by atoms with Gasteiger partial charge in [-0.2, -0.15) is 0 Å². The van der Waals surface area contributed by atoms with E-state index in [-0.39, 0.29) is 6.09 Å². The van der Waals surface area contributed by atoms with E-state index in [1.807, 2.05) is 20.8 Å². The molecule has 94 valence electrons. The number of nitrogens with two attached hydrogens (primary N) is 1. The number of nitrogens with one attached hydrogen (secondary N) is 1. The highest BCUT2D eigenvalue weighted by Gasteiger charge is 2.15. The molecule has 0 heterocycles. The molecule has 0 rings (SSSR count). The highest BCUT2D eigenvalue weighted by Crippen LogP contribution is 2.08. The summed E-state index contributed by atoms with van der Waals surface area (Å²) in [4.78, 5) is 11.8. The summed E-state index contributed by atoms with van der Waals surface area (Å²) in [7, 11) is 0. The van der Waals surface area contributed by atoms with Crippen LogP contribution in [0.2, 0.25) is 0 Å². The Balaban J connectivity index is 3.66. The van der Waals surface area contributed by atoms with Gasteiger partial charge in [-0.15, -0.1) is 0 Å². The Morgan fingerprint density at radius 3 is 2.50 bits per heavy atom. The van der Waals surface area contributed by atoms with Crippen molar-refractivity contribution in [1.29, 1.82) is 0 Å². The third kappa shape index (κ3) is 9.71. The lowest BCUT2D eigenvalue weighted by Crippen LogP contribution is -2.33. The van der Waals surface area contributed by atoms with Gasteiger partial charge < -0.3 is 15.8 Å². The van der Waals surface area contributed by atoms with Crippen LogP contribution in [0.15, 0.2) is 0 Å². The number of hydrogen-bond acceptors (Lipinski definition) is 3. The van der Waals surface area contributed by atoms with Gasteiger partial charge in [0.25, 0.3) is 0 Å². The monoisotopic (exact) mass is 246 g/mol. The van der Waals surface area contributed by atoms with Crippen molar-refractivity contribution in [3.8, 4) is 0 Å². The highest BCUT2D eigenvalue weighted by molar-refractivity contribution is 7.80. The van der Waals surface area contributed by atoms with Crippen molar-refractivity contribution >= 4 is 23.3 Å². The van der Waals surface area contributed by atoms with Crippen LogP contribution in [-0.4, -0.2) is 23.2 Å². The van der Waals surface area contributed by atoms with Crippen LogP contribution in [-0.2, 0) is 4.74 Å². The molecule has 0 saturated carbocycles. The summed E-state index contributed by atoms with van der Waals surface area (Å²) in [6.07, 6.45) is 1.18. The zero-order valence-electron chi connectivity index (χ0n) is 10.5. The minimum Gasteiger partial charge on any atom is -0.444 e. The second kappa shape index (κ2) is 6.68. The van der Waals surface area contributed by atoms with Gasteiger partial charge in [-0.3, -0.25) is 0 Å². The molecule has 3 N–H and O–H groups in total. The first-order chi connectivity index (χ1) is 7.20. The van der Waals surface area contributed by atoms with Gasteiger partial charge >= 0.3 is 6.09 Å². The number of carbonyl (C=O) groups excluding carboxylic acids is 1. The summed E-state index contributed by atoms with van der Waals surface area (Å²) in [6.45, 7) is 8.14. The Morgan fingerprint density at radius 1 is 1.50 bits per heavy atom. The summed E-state index contributed by atoms with van der Waals surface area (Å²) in [5.41, 5.74) is 4.98. The lowest BCUT2D eigenvalue weighted by molar-refractivity contribution is 0.0525. The van der Waals surface area contributed by atoms with Crippen LogP contribution in [0.5, 0.6) is 0 Å². The lowest BCUT2D eigenvalue weighted by atomic mass is 10.0. The van der Waals surface area contributed by atoms with E-state index in [0.29, 0.717) is 23.9 Å². The second-order valence-electron chi connectivity index (χ2n) is 4.99. The largest absolute Gasteiger partial charge is 0.444 e. The van der Waals surface area contributed by atoms with E-state index in [9.17, 15) is 4.79 Å². The fourth-order valence-electron chi connectivity index (χ4n) is 1.18. The molecule has 0 radical (unpaired) electrons. The van der Waals surface area contributed by atoms with Crippen LogP contribution in [0.4, 0.5) is 4.79 Å². The first-order valence-electron chi connectivity index (χ1n) is 5.46. The molecular formula is C11H22N2O2S. The van der Waals surface area contributed by atoms with Gasteiger partial charge in [0.2, 0.25) is 0 Å². The quantitative estimate of drug-likeness (QED) is 0.730. The molecule has 0 aromatic heterocycles. The topological polar surface area (TPSA) is 64.3 Å². The van der Waals surface area contributed by atoms with Gasteiger partial charge in [0.05, 0.1) is 4.99 Å². The summed E-state index contributed by atoms with van der Waals surface area (Å²) >= 11 is 4.81. The average Bonchev–Trinajstić information content (AvgIpc) is 1.98. The van der Waals surface area contributed by atoms with Gasteiger partial charge in [0, 0.05) is 13.0 Å². The van der Waals surface area contributed by atoms with Crippen molar-refractivity contribution in [2.75, 3.05) is 6.54 Å². The Kier molecular flexibility index (Phi) is 6.33. The fraction of sp³-hybridized carbons (Fsp3) is 0.818. The molecule has 0 aliphatic rings. The van der Waals surface area contributed by atoms with Crippen LogP contribution < -0.4 is 11.1 Å². The van der Waals surface area contributed by atoms with Gasteiger partial charge in [0.15, 0.2) is 0 Å². The third-order valence-corrected chi connectivity index (χ3v) is 2.02. The molecule has 0 saturated heterocycles. The summed E-state index contributed by atoms with van der Waals surface area (Å²) in [5, 5.41) is 2.70. The predicted octanol–water partition coefficient (Wildman–Crippen LogP) is 2.21. The molecule has 4 nitrogen and oxygen atoms in total. The summed E-state index contributed by atoms with van der Waals surface area (Å²) < 4.78 is 5.10. The smallest absolute Gasteiger partial charge is 0.407 e. The third-order valence-electron chi connectivity index (χ3n) is 1.86. The van der Waals surface area contributed by atoms with Crippen molar-refractivity contribution in [2.24, 2.45) is 11.7 Å². The van der Waals surface area contributed by atoms with Gasteiger partial charge in [0.1, 0.15) is 5.60 Å². The standard InChI is InChI=1S/C11H22N2O2S/c1-8(7-9(12)16)5-6-13-10(14)15-11(2,3)4/h8H,5-7H2,1-4H3,(H2,12,16)(H,13,14)/t8-/m0/s1. The minimum atomic E-state index is -0.450. The molecule has 0 aromatic carbocycles. The SMILES string of the molecule is C[C@@H](CCNC(=O)OC(C)(C)C)CC(N)=S. The van der Waals surface area contributed by atoms with Crippen LogP contribution >= 0.6 is 12.2 Å². The molecule has 0 spiro atoms. The maximum atomic E-state index is 11.3. The maximum absolute atomic E-state index is 11.3. The second-order valence-corrected chi connectivity index (χ2v) is 5.52. The number of ether oxygens (including phenoxy) is 1. The Labute approximate surface area is 103 Å². The number of carbonyl (C=O) groups is 1. The molecular weight excluding hydrogens is 224 g/mol. The van der Waals surface area contributed by atoms with Gasteiger partial charge in [-0.05, 0) is 33.1 Å². The fourth-order valence-corrected chi connectivity index (χ4v) is 1.46. The molecule has 0 aliphatic heterocycles. The average molecular weight is 246 g/mol. The van der Waals surface area contributed by atoms with Crippen LogP contribution in [0.3, 0.4) is 0 Å². The molecule has 0 aliphatic carbocycles. The molecule has 0 aromatic rings. The van der Waals surface area contributed by atoms with Crippen LogP contribution in [0, 0.1) is 5.92 Å². The molecule has 5 heteroatoms. The van der Waals surface area contributed by atoms with Crippen LogP contribution in [0.25, 0.3) is 0 Å². The first kappa shape index (κ1) is 15.2. The summed E-state index contributed by atoms with van der Waals surface area (Å²) in [5.74, 6) is 0.382. The maximum Gasteiger partial charge on any atom is 0.407 e. The molecule has 0 bridgehead atoms. The van der Waals surface area contributed by atoms with Gasteiger partial charge in [-0.25, -0.2) is 4.79 Å². The number of alkyl carbamates (subject to hydrolysis) is 1. The predicted molar refractivity (Wildman–Crippen MR) is 69.4 cm³/mol. The van der Waals surface area contributed by atoms with Crippen molar-refractivity contribution in [3.05, 3.63) is 0 Å². The van der Waals surface area contributed by atoms with E-state index in [0.717, 1.165) is 6.42 Å². The lowest BCUT2D eigenvalue weighted by Gasteiger charge is -2.20. The van der Waals surface area contributed by atoms with E-state index < -0.39 is 5.60 Å². The van der Waals surface area contributed by atoms with Gasteiger partial charge in [-0.1, -0.05) is 19.1 Å². The molecule has 0 unspecified atom stereocenters. The van der Waals surface area contributed by atoms with Crippen molar-refractivity contribution in [1.82, 2.24) is 5.32 Å². The number of hydrogen-bond donors (Lipinski definition) is 2. The van der Waals surface area contributed by atoms with E-state index in [1.54, 1.807) is 0 Å². The van der Waals surface area contributed by atoms with E-state index in [2.05, 4.69) is 12.2 Å². The van der Waals surface area contributed by atoms with Crippen molar-refractivity contribution in [2.45, 2.75) is 46.1 Å². The van der Waals surface area contributed by atoms with Crippen molar-refractivity contribution < 1.29 is 9.53 Å². The Morgan fingerprint density at radius 2 is 2.06 bits per heavy atom. The van der Waals surface area contributed by atoms with E-state index >= 15 is 0 Å². The Hall–Kier alpha value is -0.840. The Bertz CT molecular complexity index is 249. The van der Waals surface area contributed by atoms with E-state index in [1.165, 1.54) is 0 Å². The molecule has 1 amide bonds. The number of amides is 1. The summed E-state index contributed by atoms with van der Waals surface area (Å²) in [6, 6.07) is 0. The number of thiocarbonyl (C=S) groups is 1. The first-order valence-corrected chi connectivity index (χ1v) is 5.86. The number of rotatable bonds is 5.